The van der Waals surface area contributed by atoms with Crippen LogP contribution in [0.4, 0.5) is 0 Å². The summed E-state index contributed by atoms with van der Waals surface area (Å²) in [5.41, 5.74) is 1.18. The standard InChI is InChI=1S/C12H22N2S2/c1-8(6-7-15-5)13-9(2)12-10(3)14-11(4)16-12/h8-9,13H,6-7H2,1-5H3. The van der Waals surface area contributed by atoms with E-state index >= 15 is 0 Å². The first-order valence-corrected chi connectivity index (χ1v) is 7.94. The second-order valence-corrected chi connectivity index (χ2v) is 6.47. The lowest BCUT2D eigenvalue weighted by molar-refractivity contribution is 0.474. The van der Waals surface area contributed by atoms with Crippen LogP contribution in [-0.4, -0.2) is 23.0 Å². The third-order valence-electron chi connectivity index (χ3n) is 2.62. The van der Waals surface area contributed by atoms with Gasteiger partial charge in [0.1, 0.15) is 0 Å². The van der Waals surface area contributed by atoms with E-state index in [2.05, 4.69) is 44.3 Å². The van der Waals surface area contributed by atoms with Gasteiger partial charge in [0, 0.05) is 17.0 Å². The van der Waals surface area contributed by atoms with Crippen molar-refractivity contribution in [2.45, 2.75) is 46.2 Å². The fourth-order valence-electron chi connectivity index (χ4n) is 1.83. The molecule has 0 saturated heterocycles. The van der Waals surface area contributed by atoms with Gasteiger partial charge in [-0.05, 0) is 46.1 Å². The molecule has 0 aromatic carbocycles. The highest BCUT2D eigenvalue weighted by Gasteiger charge is 2.14. The maximum Gasteiger partial charge on any atom is 0.0900 e. The average Bonchev–Trinajstić information content (AvgIpc) is 2.54. The third-order valence-corrected chi connectivity index (χ3v) is 4.52. The maximum absolute atomic E-state index is 4.48. The van der Waals surface area contributed by atoms with Crippen LogP contribution < -0.4 is 5.32 Å². The summed E-state index contributed by atoms with van der Waals surface area (Å²) in [4.78, 5) is 5.86. The number of nitrogens with one attached hydrogen (secondary N) is 1. The van der Waals surface area contributed by atoms with Gasteiger partial charge in [-0.1, -0.05) is 0 Å². The van der Waals surface area contributed by atoms with Crippen LogP contribution in [0.5, 0.6) is 0 Å². The fraction of sp³-hybridized carbons (Fsp3) is 0.750. The maximum atomic E-state index is 4.48. The summed E-state index contributed by atoms with van der Waals surface area (Å²) in [5.74, 6) is 1.22. The zero-order chi connectivity index (χ0) is 12.1. The molecule has 1 aromatic heterocycles. The second kappa shape index (κ2) is 6.62. The minimum absolute atomic E-state index is 0.419. The third kappa shape index (κ3) is 4.07. The minimum atomic E-state index is 0.419. The van der Waals surface area contributed by atoms with Crippen molar-refractivity contribution in [3.05, 3.63) is 15.6 Å². The number of rotatable bonds is 6. The van der Waals surface area contributed by atoms with Crippen LogP contribution in [0.25, 0.3) is 0 Å². The SMILES string of the molecule is CSCCC(C)NC(C)c1sc(C)nc1C. The molecule has 0 saturated carbocycles. The smallest absolute Gasteiger partial charge is 0.0900 e. The quantitative estimate of drug-likeness (QED) is 0.844. The molecule has 0 radical (unpaired) electrons. The predicted octanol–water partition coefficient (Wildman–Crippen LogP) is 3.55. The number of thioether (sulfide) groups is 1. The van der Waals surface area contributed by atoms with Gasteiger partial charge >= 0.3 is 0 Å². The van der Waals surface area contributed by atoms with Crippen molar-refractivity contribution in [1.82, 2.24) is 10.3 Å². The van der Waals surface area contributed by atoms with Crippen LogP contribution in [0.3, 0.4) is 0 Å². The van der Waals surface area contributed by atoms with Crippen molar-refractivity contribution in [1.29, 1.82) is 0 Å². The van der Waals surface area contributed by atoms with Gasteiger partial charge in [0.25, 0.3) is 0 Å². The average molecular weight is 258 g/mol. The molecule has 1 rings (SSSR count). The lowest BCUT2D eigenvalue weighted by Gasteiger charge is -2.19. The molecule has 4 heteroatoms. The lowest BCUT2D eigenvalue weighted by atomic mass is 10.2. The summed E-state index contributed by atoms with van der Waals surface area (Å²) in [5, 5.41) is 4.81. The van der Waals surface area contributed by atoms with Crippen molar-refractivity contribution in [3.8, 4) is 0 Å². The fourth-order valence-corrected chi connectivity index (χ4v) is 3.36. The van der Waals surface area contributed by atoms with E-state index in [9.17, 15) is 0 Å². The van der Waals surface area contributed by atoms with E-state index in [-0.39, 0.29) is 0 Å². The van der Waals surface area contributed by atoms with Crippen LogP contribution in [0.2, 0.25) is 0 Å². The van der Waals surface area contributed by atoms with Gasteiger partial charge in [-0.25, -0.2) is 4.98 Å². The topological polar surface area (TPSA) is 24.9 Å². The molecular weight excluding hydrogens is 236 g/mol. The molecule has 1 N–H and O–H groups in total. The molecule has 2 nitrogen and oxygen atoms in total. The Morgan fingerprint density at radius 1 is 1.38 bits per heavy atom. The molecular formula is C12H22N2S2. The van der Waals surface area contributed by atoms with Gasteiger partial charge in [-0.3, -0.25) is 0 Å². The Hall–Kier alpha value is -0.0600. The first-order valence-electron chi connectivity index (χ1n) is 5.73. The zero-order valence-corrected chi connectivity index (χ0v) is 12.5. The van der Waals surface area contributed by atoms with Crippen LogP contribution in [-0.2, 0) is 0 Å². The number of hydrogen-bond acceptors (Lipinski definition) is 4. The molecule has 1 heterocycles. The highest BCUT2D eigenvalue weighted by atomic mass is 32.2. The van der Waals surface area contributed by atoms with E-state index < -0.39 is 0 Å². The molecule has 92 valence electrons. The molecule has 0 aliphatic heterocycles. The first-order chi connectivity index (χ1) is 7.54. The Morgan fingerprint density at radius 3 is 2.56 bits per heavy atom. The van der Waals surface area contributed by atoms with Crippen molar-refractivity contribution in [3.63, 3.8) is 0 Å². The van der Waals surface area contributed by atoms with Gasteiger partial charge in [0.05, 0.1) is 10.7 Å². The highest BCUT2D eigenvalue weighted by molar-refractivity contribution is 7.98. The molecule has 2 unspecified atom stereocenters. The van der Waals surface area contributed by atoms with E-state index in [0.29, 0.717) is 12.1 Å². The van der Waals surface area contributed by atoms with E-state index in [0.717, 1.165) is 5.01 Å². The first kappa shape index (κ1) is 14.0. The van der Waals surface area contributed by atoms with Crippen molar-refractivity contribution in [2.24, 2.45) is 0 Å². The van der Waals surface area contributed by atoms with Crippen LogP contribution in [0.15, 0.2) is 0 Å². The summed E-state index contributed by atoms with van der Waals surface area (Å²) >= 11 is 3.72. The van der Waals surface area contributed by atoms with Crippen LogP contribution in [0.1, 0.15) is 41.9 Å². The van der Waals surface area contributed by atoms with Crippen LogP contribution >= 0.6 is 23.1 Å². The summed E-state index contributed by atoms with van der Waals surface area (Å²) in [6.07, 6.45) is 3.38. The number of aryl methyl sites for hydroxylation is 2. The Bertz CT molecular complexity index is 323. The van der Waals surface area contributed by atoms with E-state index in [4.69, 9.17) is 0 Å². The number of aromatic nitrogens is 1. The summed E-state index contributed by atoms with van der Waals surface area (Å²) in [6.45, 7) is 8.67. The number of nitrogens with zero attached hydrogens (tertiary/aromatic N) is 1. The number of hydrogen-bond donors (Lipinski definition) is 1. The Balaban J connectivity index is 2.51. The molecule has 0 spiro atoms. The summed E-state index contributed by atoms with van der Waals surface area (Å²) < 4.78 is 0. The minimum Gasteiger partial charge on any atom is -0.307 e. The molecule has 0 bridgehead atoms. The molecule has 1 aromatic rings. The predicted molar refractivity (Wildman–Crippen MR) is 75.6 cm³/mol. The highest BCUT2D eigenvalue weighted by Crippen LogP contribution is 2.24. The molecule has 0 amide bonds. The molecule has 0 fully saturated rings. The number of thiazole rings is 1. The van der Waals surface area contributed by atoms with Crippen LogP contribution in [0, 0.1) is 13.8 Å². The van der Waals surface area contributed by atoms with E-state index in [1.54, 1.807) is 0 Å². The van der Waals surface area contributed by atoms with E-state index in [1.807, 2.05) is 23.1 Å². The van der Waals surface area contributed by atoms with Gasteiger partial charge in [-0.2, -0.15) is 11.8 Å². The molecule has 0 aliphatic carbocycles. The van der Waals surface area contributed by atoms with E-state index in [1.165, 1.54) is 22.7 Å². The summed E-state index contributed by atoms with van der Waals surface area (Å²) in [6, 6.07) is 0.993. The zero-order valence-electron chi connectivity index (χ0n) is 10.8. The Morgan fingerprint density at radius 2 is 2.06 bits per heavy atom. The molecule has 0 aliphatic rings. The van der Waals surface area contributed by atoms with Gasteiger partial charge in [0.2, 0.25) is 0 Å². The Kier molecular flexibility index (Phi) is 5.79. The van der Waals surface area contributed by atoms with Gasteiger partial charge in [0.15, 0.2) is 0 Å². The second-order valence-electron chi connectivity index (χ2n) is 4.25. The monoisotopic (exact) mass is 258 g/mol. The van der Waals surface area contributed by atoms with Crippen molar-refractivity contribution >= 4 is 23.1 Å². The Labute approximate surface area is 107 Å². The largest absolute Gasteiger partial charge is 0.307 e. The molecule has 16 heavy (non-hydrogen) atoms. The van der Waals surface area contributed by atoms with Gasteiger partial charge in [-0.15, -0.1) is 11.3 Å². The summed E-state index contributed by atoms with van der Waals surface area (Å²) in [7, 11) is 0. The van der Waals surface area contributed by atoms with Crippen molar-refractivity contribution in [2.75, 3.05) is 12.0 Å². The normalized spacial score (nSPS) is 15.1. The molecule has 2 atom stereocenters. The van der Waals surface area contributed by atoms with Gasteiger partial charge < -0.3 is 5.32 Å². The lowest BCUT2D eigenvalue weighted by Crippen LogP contribution is -2.29. The van der Waals surface area contributed by atoms with Crippen molar-refractivity contribution < 1.29 is 0 Å².